The Morgan fingerprint density at radius 1 is 1.10 bits per heavy atom. The average molecular weight is 558 g/mol. The second kappa shape index (κ2) is 12.2. The number of rotatable bonds is 6. The van der Waals surface area contributed by atoms with Gasteiger partial charge in [-0.15, -0.1) is 0 Å². The Bertz CT molecular complexity index is 1110. The van der Waals surface area contributed by atoms with E-state index in [1.54, 1.807) is 27.7 Å². The third kappa shape index (κ3) is 7.53. The summed E-state index contributed by atoms with van der Waals surface area (Å²) in [7, 11) is 1.48. The Balaban J connectivity index is 1.75. The van der Waals surface area contributed by atoms with E-state index in [2.05, 4.69) is 16.7 Å². The lowest BCUT2D eigenvalue weighted by molar-refractivity contribution is -0.144. The van der Waals surface area contributed by atoms with Crippen molar-refractivity contribution in [2.45, 2.75) is 110 Å². The fourth-order valence-corrected chi connectivity index (χ4v) is 5.28. The summed E-state index contributed by atoms with van der Waals surface area (Å²) in [6.45, 7) is 12.6. The molecule has 0 aromatic heterocycles. The second-order valence-electron chi connectivity index (χ2n) is 13.2. The molecule has 4 N–H and O–H groups in total. The van der Waals surface area contributed by atoms with Crippen LogP contribution in [0.5, 0.6) is 0 Å². The lowest BCUT2D eigenvalue weighted by atomic mass is 9.85. The molecule has 1 aromatic carbocycles. The van der Waals surface area contributed by atoms with Crippen LogP contribution in [0.25, 0.3) is 0 Å². The van der Waals surface area contributed by atoms with Crippen LogP contribution in [0, 0.1) is 5.41 Å². The highest BCUT2D eigenvalue weighted by atomic mass is 16.6. The number of nitrogens with two attached hydrogens (primary N) is 1. The molecule has 3 rings (SSSR count). The molecule has 10 nitrogen and oxygen atoms in total. The monoisotopic (exact) mass is 557 g/mol. The van der Waals surface area contributed by atoms with E-state index in [0.29, 0.717) is 6.42 Å². The van der Waals surface area contributed by atoms with Gasteiger partial charge in [0.05, 0.1) is 6.04 Å². The number of likely N-dealkylation sites (tertiary alicyclic amines) is 1. The SMILES string of the molecule is CC(C(=O)NC(C(=O)N1CC(N)CC1C(=O)NC1CCCc2ccccc21)C(C)(C)C)N(C)C(=O)OC(C)(C)C. The predicted octanol–water partition coefficient (Wildman–Crippen LogP) is 2.89. The normalized spacial score (nSPS) is 22.5. The van der Waals surface area contributed by atoms with E-state index in [4.69, 9.17) is 10.5 Å². The second-order valence-corrected chi connectivity index (χ2v) is 13.2. The highest BCUT2D eigenvalue weighted by molar-refractivity contribution is 5.94. The number of nitrogens with zero attached hydrogens (tertiary/aromatic N) is 2. The van der Waals surface area contributed by atoms with E-state index in [1.807, 2.05) is 39.0 Å². The van der Waals surface area contributed by atoms with Gasteiger partial charge in [-0.2, -0.15) is 0 Å². The third-order valence-electron chi connectivity index (χ3n) is 7.65. The highest BCUT2D eigenvalue weighted by Gasteiger charge is 2.45. The minimum atomic E-state index is -0.939. The molecule has 1 aliphatic heterocycles. The third-order valence-corrected chi connectivity index (χ3v) is 7.65. The summed E-state index contributed by atoms with van der Waals surface area (Å²) >= 11 is 0. The van der Waals surface area contributed by atoms with Gasteiger partial charge in [0.25, 0.3) is 0 Å². The van der Waals surface area contributed by atoms with Crippen LogP contribution in [0.1, 0.15) is 84.9 Å². The Morgan fingerprint density at radius 3 is 2.38 bits per heavy atom. The van der Waals surface area contributed by atoms with Gasteiger partial charge < -0.3 is 26.0 Å². The van der Waals surface area contributed by atoms with Gasteiger partial charge in [0.2, 0.25) is 17.7 Å². The van der Waals surface area contributed by atoms with Gasteiger partial charge in [-0.25, -0.2) is 4.79 Å². The number of hydrogen-bond acceptors (Lipinski definition) is 6. The quantitative estimate of drug-likeness (QED) is 0.493. The van der Waals surface area contributed by atoms with E-state index < -0.39 is 41.1 Å². The molecular formula is C30H47N5O5. The van der Waals surface area contributed by atoms with Crippen LogP contribution < -0.4 is 16.4 Å². The van der Waals surface area contributed by atoms with Crippen LogP contribution in [0.15, 0.2) is 24.3 Å². The van der Waals surface area contributed by atoms with Crippen molar-refractivity contribution in [3.8, 4) is 0 Å². The van der Waals surface area contributed by atoms with Gasteiger partial charge in [-0.05, 0) is 69.9 Å². The van der Waals surface area contributed by atoms with Gasteiger partial charge in [-0.1, -0.05) is 45.0 Å². The van der Waals surface area contributed by atoms with Crippen LogP contribution >= 0.6 is 0 Å². The molecule has 40 heavy (non-hydrogen) atoms. The van der Waals surface area contributed by atoms with Gasteiger partial charge in [0.15, 0.2) is 0 Å². The van der Waals surface area contributed by atoms with Crippen molar-refractivity contribution in [2.75, 3.05) is 13.6 Å². The predicted molar refractivity (Wildman–Crippen MR) is 153 cm³/mol. The molecule has 222 valence electrons. The summed E-state index contributed by atoms with van der Waals surface area (Å²) in [5.74, 6) is -1.10. The largest absolute Gasteiger partial charge is 0.444 e. The van der Waals surface area contributed by atoms with Crippen molar-refractivity contribution in [1.29, 1.82) is 0 Å². The Labute approximate surface area is 238 Å². The molecule has 1 heterocycles. The molecule has 4 amide bonds. The van der Waals surface area contributed by atoms with Crippen molar-refractivity contribution >= 4 is 23.8 Å². The fraction of sp³-hybridized carbons (Fsp3) is 0.667. The molecule has 1 aromatic rings. The number of carbonyl (C=O) groups is 4. The van der Waals surface area contributed by atoms with E-state index in [9.17, 15) is 19.2 Å². The number of fused-ring (bicyclic) bond motifs is 1. The minimum absolute atomic E-state index is 0.117. The summed E-state index contributed by atoms with van der Waals surface area (Å²) < 4.78 is 5.38. The molecule has 5 atom stereocenters. The number of benzene rings is 1. The summed E-state index contributed by atoms with van der Waals surface area (Å²) in [5, 5.41) is 6.02. The van der Waals surface area contributed by atoms with Crippen LogP contribution in [0.2, 0.25) is 0 Å². The first-order valence-electron chi connectivity index (χ1n) is 14.2. The number of carbonyl (C=O) groups excluding carboxylic acids is 4. The highest BCUT2D eigenvalue weighted by Crippen LogP contribution is 2.31. The van der Waals surface area contributed by atoms with Crippen molar-refractivity contribution in [2.24, 2.45) is 11.1 Å². The summed E-state index contributed by atoms with van der Waals surface area (Å²) in [4.78, 5) is 56.0. The average Bonchev–Trinajstić information content (AvgIpc) is 3.26. The molecule has 5 unspecified atom stereocenters. The van der Waals surface area contributed by atoms with E-state index in [0.717, 1.165) is 24.8 Å². The lowest BCUT2D eigenvalue weighted by Crippen LogP contribution is -2.60. The minimum Gasteiger partial charge on any atom is -0.444 e. The maximum atomic E-state index is 14.0. The zero-order chi connectivity index (χ0) is 30.0. The molecule has 1 saturated heterocycles. The van der Waals surface area contributed by atoms with E-state index in [-0.39, 0.29) is 30.4 Å². The number of hydrogen-bond donors (Lipinski definition) is 3. The molecule has 10 heteroatoms. The first-order chi connectivity index (χ1) is 18.5. The Kier molecular flexibility index (Phi) is 9.54. The smallest absolute Gasteiger partial charge is 0.410 e. The number of ether oxygens (including phenoxy) is 1. The lowest BCUT2D eigenvalue weighted by Gasteiger charge is -2.37. The van der Waals surface area contributed by atoms with Gasteiger partial charge >= 0.3 is 6.09 Å². The molecule has 0 saturated carbocycles. The molecule has 1 fully saturated rings. The number of amides is 4. The van der Waals surface area contributed by atoms with Crippen molar-refractivity contribution in [1.82, 2.24) is 20.4 Å². The maximum Gasteiger partial charge on any atom is 0.410 e. The first kappa shape index (κ1) is 31.4. The van der Waals surface area contributed by atoms with E-state index in [1.165, 1.54) is 22.4 Å². The molecule has 2 aliphatic rings. The number of aryl methyl sites for hydroxylation is 1. The zero-order valence-corrected chi connectivity index (χ0v) is 25.2. The Morgan fingerprint density at radius 2 is 1.75 bits per heavy atom. The van der Waals surface area contributed by atoms with Gasteiger partial charge in [-0.3, -0.25) is 19.3 Å². The van der Waals surface area contributed by atoms with Crippen molar-refractivity contribution < 1.29 is 23.9 Å². The first-order valence-corrected chi connectivity index (χ1v) is 14.2. The van der Waals surface area contributed by atoms with Gasteiger partial charge in [0, 0.05) is 19.6 Å². The van der Waals surface area contributed by atoms with Gasteiger partial charge in [0.1, 0.15) is 23.7 Å². The summed E-state index contributed by atoms with van der Waals surface area (Å²) in [5.41, 5.74) is 7.23. The number of nitrogens with one attached hydrogen (secondary N) is 2. The molecule has 0 radical (unpaired) electrons. The van der Waals surface area contributed by atoms with Crippen LogP contribution in [-0.4, -0.2) is 77.0 Å². The van der Waals surface area contributed by atoms with Crippen molar-refractivity contribution in [3.05, 3.63) is 35.4 Å². The number of likely N-dealkylation sites (N-methyl/N-ethyl adjacent to an activating group) is 1. The zero-order valence-electron chi connectivity index (χ0n) is 25.2. The van der Waals surface area contributed by atoms with Crippen LogP contribution in [0.4, 0.5) is 4.79 Å². The maximum absolute atomic E-state index is 14.0. The standard InChI is InChI=1S/C30H47N5O5/c1-18(34(8)28(39)40-30(5,6)7)25(36)33-24(29(2,3)4)27(38)35-17-20(31)16-23(35)26(37)32-22-15-11-13-19-12-9-10-14-21(19)22/h9-10,12,14,18,20,22-24H,11,13,15-17,31H2,1-8H3,(H,32,37)(H,33,36). The molecular weight excluding hydrogens is 510 g/mol. The topological polar surface area (TPSA) is 134 Å². The Hall–Kier alpha value is -3.14. The van der Waals surface area contributed by atoms with Crippen LogP contribution in [-0.2, 0) is 25.5 Å². The van der Waals surface area contributed by atoms with Crippen molar-refractivity contribution in [3.63, 3.8) is 0 Å². The van der Waals surface area contributed by atoms with Crippen LogP contribution in [0.3, 0.4) is 0 Å². The molecule has 1 aliphatic carbocycles. The fourth-order valence-electron chi connectivity index (χ4n) is 5.28. The molecule has 0 spiro atoms. The summed E-state index contributed by atoms with van der Waals surface area (Å²) in [6, 6.07) is 5.08. The summed E-state index contributed by atoms with van der Waals surface area (Å²) in [6.07, 6.45) is 2.49. The van der Waals surface area contributed by atoms with E-state index >= 15 is 0 Å². The molecule has 0 bridgehead atoms.